The van der Waals surface area contributed by atoms with E-state index in [-0.39, 0.29) is 5.91 Å². The first-order valence-electron chi connectivity index (χ1n) is 6.28. The van der Waals surface area contributed by atoms with Crippen LogP contribution in [-0.2, 0) is 9.59 Å². The first-order valence-corrected chi connectivity index (χ1v) is 6.28. The van der Waals surface area contributed by atoms with E-state index in [0.717, 1.165) is 31.8 Å². The van der Waals surface area contributed by atoms with Crippen molar-refractivity contribution in [2.24, 2.45) is 0 Å². The highest BCUT2D eigenvalue weighted by molar-refractivity contribution is 6.00. The third kappa shape index (κ3) is 10.9. The summed E-state index contributed by atoms with van der Waals surface area (Å²) >= 11 is 0. The number of amides is 2. The zero-order valence-electron chi connectivity index (χ0n) is 10.5. The van der Waals surface area contributed by atoms with E-state index in [2.05, 4.69) is 18.5 Å². The van der Waals surface area contributed by atoms with Gasteiger partial charge in [-0.15, -0.1) is 6.58 Å². The van der Waals surface area contributed by atoms with Crippen LogP contribution in [0.1, 0.15) is 51.4 Å². The van der Waals surface area contributed by atoms with E-state index in [1.165, 1.54) is 19.3 Å². The van der Waals surface area contributed by atoms with Crippen LogP contribution in [-0.4, -0.2) is 11.8 Å². The van der Waals surface area contributed by atoms with Crippen molar-refractivity contribution >= 4 is 11.8 Å². The van der Waals surface area contributed by atoms with Crippen LogP contribution in [0.4, 0.5) is 0 Å². The van der Waals surface area contributed by atoms with E-state index in [1.807, 2.05) is 6.08 Å². The summed E-state index contributed by atoms with van der Waals surface area (Å²) < 4.78 is 0. The average Bonchev–Trinajstić information content (AvgIpc) is 2.32. The Morgan fingerprint density at radius 1 is 0.941 bits per heavy atom. The summed E-state index contributed by atoms with van der Waals surface area (Å²) in [5, 5.41) is 2.24. The molecule has 0 saturated carbocycles. The molecule has 0 heterocycles. The van der Waals surface area contributed by atoms with Crippen molar-refractivity contribution in [1.82, 2.24) is 5.32 Å². The lowest BCUT2D eigenvalue weighted by molar-refractivity contribution is -0.128. The molecule has 0 spiro atoms. The van der Waals surface area contributed by atoms with Crippen LogP contribution in [0.2, 0.25) is 0 Å². The lowest BCUT2D eigenvalue weighted by Crippen LogP contribution is -2.28. The molecular formula is C14H23NO2. The van der Waals surface area contributed by atoms with Gasteiger partial charge in [-0.2, -0.15) is 0 Å². The van der Waals surface area contributed by atoms with Crippen molar-refractivity contribution in [3.05, 3.63) is 25.3 Å². The molecule has 0 saturated heterocycles. The molecule has 3 nitrogen and oxygen atoms in total. The van der Waals surface area contributed by atoms with E-state index < -0.39 is 5.91 Å². The molecule has 2 amide bonds. The van der Waals surface area contributed by atoms with Gasteiger partial charge in [0.05, 0.1) is 0 Å². The van der Waals surface area contributed by atoms with Crippen LogP contribution < -0.4 is 5.32 Å². The van der Waals surface area contributed by atoms with Gasteiger partial charge in [-0.3, -0.25) is 14.9 Å². The second-order valence-corrected chi connectivity index (χ2v) is 4.07. The van der Waals surface area contributed by atoms with Crippen molar-refractivity contribution < 1.29 is 9.59 Å². The molecule has 0 fully saturated rings. The van der Waals surface area contributed by atoms with E-state index in [4.69, 9.17) is 0 Å². The van der Waals surface area contributed by atoms with E-state index >= 15 is 0 Å². The molecule has 3 heteroatoms. The van der Waals surface area contributed by atoms with Gasteiger partial charge in [-0.1, -0.05) is 38.3 Å². The third-order valence-corrected chi connectivity index (χ3v) is 2.51. The molecule has 0 aliphatic heterocycles. The fraction of sp³-hybridized carbons (Fsp3) is 0.571. The predicted molar refractivity (Wildman–Crippen MR) is 70.5 cm³/mol. The minimum Gasteiger partial charge on any atom is -0.293 e. The number of imide groups is 1. The largest absolute Gasteiger partial charge is 0.293 e. The predicted octanol–water partition coefficient (Wildman–Crippen LogP) is 3.12. The Labute approximate surface area is 104 Å². The van der Waals surface area contributed by atoms with E-state index in [0.29, 0.717) is 6.42 Å². The minimum atomic E-state index is -0.417. The zero-order valence-corrected chi connectivity index (χ0v) is 10.5. The van der Waals surface area contributed by atoms with Crippen molar-refractivity contribution in [2.45, 2.75) is 51.4 Å². The Bertz CT molecular complexity index is 259. The Hall–Kier alpha value is -1.38. The number of nitrogens with one attached hydrogen (secondary N) is 1. The number of hydrogen-bond acceptors (Lipinski definition) is 2. The standard InChI is InChI=1S/C14H23NO2/c1-3-5-6-7-8-9-10-11-12-14(17)15-13(16)4-2/h3-4H,1-2,5-12H2,(H,15,16,17). The molecule has 0 radical (unpaired) electrons. The summed E-state index contributed by atoms with van der Waals surface area (Å²) in [6, 6.07) is 0. The Kier molecular flexibility index (Phi) is 10.2. The SMILES string of the molecule is C=CCCCCCCCCC(=O)NC(=O)C=C. The van der Waals surface area contributed by atoms with Crippen molar-refractivity contribution in [3.8, 4) is 0 Å². The fourth-order valence-corrected chi connectivity index (χ4v) is 1.53. The lowest BCUT2D eigenvalue weighted by Gasteiger charge is -2.02. The molecule has 0 aliphatic rings. The monoisotopic (exact) mass is 237 g/mol. The first-order chi connectivity index (χ1) is 8.20. The highest BCUT2D eigenvalue weighted by Gasteiger charge is 2.03. The van der Waals surface area contributed by atoms with Crippen LogP contribution in [0.15, 0.2) is 25.3 Å². The quantitative estimate of drug-likeness (QED) is 0.360. The molecule has 0 bridgehead atoms. The molecule has 0 rings (SSSR count). The average molecular weight is 237 g/mol. The van der Waals surface area contributed by atoms with Gasteiger partial charge >= 0.3 is 0 Å². The third-order valence-electron chi connectivity index (χ3n) is 2.51. The van der Waals surface area contributed by atoms with Gasteiger partial charge in [0.15, 0.2) is 0 Å². The summed E-state index contributed by atoms with van der Waals surface area (Å²) in [6.07, 6.45) is 11.3. The Morgan fingerprint density at radius 3 is 2.12 bits per heavy atom. The van der Waals surface area contributed by atoms with Gasteiger partial charge in [0, 0.05) is 6.42 Å². The Balaban J connectivity index is 3.27. The van der Waals surface area contributed by atoms with E-state index in [1.54, 1.807) is 0 Å². The second-order valence-electron chi connectivity index (χ2n) is 4.07. The van der Waals surface area contributed by atoms with E-state index in [9.17, 15) is 9.59 Å². The minimum absolute atomic E-state index is 0.207. The maximum Gasteiger partial charge on any atom is 0.249 e. The second kappa shape index (κ2) is 11.1. The highest BCUT2D eigenvalue weighted by atomic mass is 16.2. The summed E-state index contributed by atoms with van der Waals surface area (Å²) in [7, 11) is 0. The molecule has 0 unspecified atom stereocenters. The van der Waals surface area contributed by atoms with Gasteiger partial charge in [0.1, 0.15) is 0 Å². The zero-order chi connectivity index (χ0) is 12.9. The molecular weight excluding hydrogens is 214 g/mol. The number of carbonyl (C=O) groups excluding carboxylic acids is 2. The van der Waals surface area contributed by atoms with Crippen LogP contribution >= 0.6 is 0 Å². The molecule has 0 aliphatic carbocycles. The maximum absolute atomic E-state index is 11.2. The van der Waals surface area contributed by atoms with Gasteiger partial charge in [0.25, 0.3) is 0 Å². The van der Waals surface area contributed by atoms with Crippen LogP contribution in [0, 0.1) is 0 Å². The number of hydrogen-bond donors (Lipinski definition) is 1. The Morgan fingerprint density at radius 2 is 1.53 bits per heavy atom. The van der Waals surface area contributed by atoms with Crippen LogP contribution in [0.5, 0.6) is 0 Å². The molecule has 0 aromatic carbocycles. The molecule has 0 aromatic rings. The lowest BCUT2D eigenvalue weighted by atomic mass is 10.1. The van der Waals surface area contributed by atoms with Gasteiger partial charge in [0.2, 0.25) is 11.8 Å². The fourth-order valence-electron chi connectivity index (χ4n) is 1.53. The number of unbranched alkanes of at least 4 members (excludes halogenated alkanes) is 6. The molecule has 0 aromatic heterocycles. The summed E-state index contributed by atoms with van der Waals surface area (Å²) in [5.74, 6) is -0.624. The normalized spacial score (nSPS) is 9.65. The summed E-state index contributed by atoms with van der Waals surface area (Å²) in [5.41, 5.74) is 0. The van der Waals surface area contributed by atoms with Gasteiger partial charge in [-0.05, 0) is 25.3 Å². The maximum atomic E-state index is 11.2. The number of allylic oxidation sites excluding steroid dienone is 1. The van der Waals surface area contributed by atoms with Crippen molar-refractivity contribution in [3.63, 3.8) is 0 Å². The smallest absolute Gasteiger partial charge is 0.249 e. The van der Waals surface area contributed by atoms with Crippen molar-refractivity contribution in [1.29, 1.82) is 0 Å². The van der Waals surface area contributed by atoms with Crippen molar-refractivity contribution in [2.75, 3.05) is 0 Å². The molecule has 96 valence electrons. The first kappa shape index (κ1) is 15.6. The number of rotatable bonds is 10. The molecule has 17 heavy (non-hydrogen) atoms. The highest BCUT2D eigenvalue weighted by Crippen LogP contribution is 2.08. The van der Waals surface area contributed by atoms with Gasteiger partial charge in [-0.25, -0.2) is 0 Å². The topological polar surface area (TPSA) is 46.2 Å². The summed E-state index contributed by atoms with van der Waals surface area (Å²) in [6.45, 7) is 6.97. The van der Waals surface area contributed by atoms with Gasteiger partial charge < -0.3 is 0 Å². The number of carbonyl (C=O) groups is 2. The van der Waals surface area contributed by atoms with Crippen LogP contribution in [0.3, 0.4) is 0 Å². The van der Waals surface area contributed by atoms with Crippen LogP contribution in [0.25, 0.3) is 0 Å². The summed E-state index contributed by atoms with van der Waals surface area (Å²) in [4.78, 5) is 22.0. The molecule has 1 N–H and O–H groups in total. The molecule has 0 atom stereocenters.